The number of hydrogen-bond acceptors (Lipinski definition) is 5. The van der Waals surface area contributed by atoms with Crippen LogP contribution >= 0.6 is 0 Å². The molecular weight excluding hydrogens is 338 g/mol. The molecule has 0 bridgehead atoms. The zero-order chi connectivity index (χ0) is 18.8. The highest BCUT2D eigenvalue weighted by Gasteiger charge is 2.46. The third-order valence-electron chi connectivity index (χ3n) is 7.53. The van der Waals surface area contributed by atoms with Crippen molar-refractivity contribution in [3.63, 3.8) is 0 Å². The van der Waals surface area contributed by atoms with Gasteiger partial charge in [0.25, 0.3) is 0 Å². The fourth-order valence-corrected chi connectivity index (χ4v) is 6.04. The molecule has 2 aliphatic carbocycles. The molecule has 0 aromatic carbocycles. The molecule has 0 radical (unpaired) electrons. The summed E-state index contributed by atoms with van der Waals surface area (Å²) >= 11 is 0. The van der Waals surface area contributed by atoms with Crippen LogP contribution in [0.3, 0.4) is 0 Å². The summed E-state index contributed by atoms with van der Waals surface area (Å²) in [6.45, 7) is 3.08. The number of hydrogen-bond donors (Lipinski definition) is 4. The first-order valence-corrected chi connectivity index (χ1v) is 11.4. The molecule has 6 atom stereocenters. The minimum atomic E-state index is 0.201. The van der Waals surface area contributed by atoms with E-state index in [1.54, 1.807) is 0 Å². The highest BCUT2D eigenvalue weighted by atomic mass is 16.1. The van der Waals surface area contributed by atoms with E-state index in [1.807, 2.05) is 6.92 Å². The second kappa shape index (κ2) is 8.76. The van der Waals surface area contributed by atoms with Gasteiger partial charge in [-0.15, -0.1) is 0 Å². The van der Waals surface area contributed by atoms with Crippen molar-refractivity contribution >= 4 is 5.91 Å². The Morgan fingerprint density at radius 3 is 2.56 bits per heavy atom. The number of carbonyl (C=O) groups is 1. The predicted molar refractivity (Wildman–Crippen MR) is 108 cm³/mol. The summed E-state index contributed by atoms with van der Waals surface area (Å²) in [7, 11) is 2.16. The second-order valence-corrected chi connectivity index (χ2v) is 9.38. The maximum Gasteiger partial charge on any atom is 0.219 e. The van der Waals surface area contributed by atoms with Gasteiger partial charge in [-0.1, -0.05) is 26.2 Å². The molecular formula is C21H39N5O. The molecule has 0 spiro atoms. The van der Waals surface area contributed by atoms with Gasteiger partial charge in [-0.3, -0.25) is 20.9 Å². The van der Waals surface area contributed by atoms with Crippen molar-refractivity contribution in [3.8, 4) is 0 Å². The number of nitrogens with zero attached hydrogens (tertiary/aromatic N) is 1. The first kappa shape index (κ1) is 19.6. The van der Waals surface area contributed by atoms with Gasteiger partial charge in [-0.25, -0.2) is 5.01 Å². The van der Waals surface area contributed by atoms with Crippen LogP contribution in [0.15, 0.2) is 0 Å². The Bertz CT molecular complexity index is 509. The molecule has 154 valence electrons. The van der Waals surface area contributed by atoms with Gasteiger partial charge in [0.15, 0.2) is 0 Å². The molecule has 4 rings (SSSR count). The van der Waals surface area contributed by atoms with Crippen LogP contribution in [0.25, 0.3) is 0 Å². The molecule has 6 unspecified atom stereocenters. The third kappa shape index (κ3) is 4.50. The van der Waals surface area contributed by atoms with Crippen molar-refractivity contribution in [2.75, 3.05) is 13.6 Å². The number of amides is 1. The summed E-state index contributed by atoms with van der Waals surface area (Å²) in [5.41, 5.74) is 3.71. The largest absolute Gasteiger partial charge is 0.353 e. The Labute approximate surface area is 164 Å². The number of nitrogens with one attached hydrogen (secondary N) is 4. The molecule has 4 N–H and O–H groups in total. The lowest BCUT2D eigenvalue weighted by atomic mass is 9.72. The maximum absolute atomic E-state index is 11.9. The van der Waals surface area contributed by atoms with Crippen molar-refractivity contribution in [3.05, 3.63) is 0 Å². The molecule has 2 heterocycles. The van der Waals surface area contributed by atoms with Crippen molar-refractivity contribution in [2.45, 2.75) is 101 Å². The van der Waals surface area contributed by atoms with E-state index in [0.717, 1.165) is 25.3 Å². The van der Waals surface area contributed by atoms with Crippen LogP contribution in [0.5, 0.6) is 0 Å². The number of fused-ring (bicyclic) bond motifs is 1. The van der Waals surface area contributed by atoms with Crippen LogP contribution in [0.2, 0.25) is 0 Å². The first-order chi connectivity index (χ1) is 13.1. The predicted octanol–water partition coefficient (Wildman–Crippen LogP) is 1.73. The second-order valence-electron chi connectivity index (χ2n) is 9.38. The van der Waals surface area contributed by atoms with E-state index in [4.69, 9.17) is 0 Å². The summed E-state index contributed by atoms with van der Waals surface area (Å²) in [5.74, 6) is 1.61. The normalized spacial score (nSPS) is 41.3. The average Bonchev–Trinajstić information content (AvgIpc) is 3.13. The standard InChI is InChI=1S/C21H39N5O/c1-3-19(27)22-15-9-10-16-18(13-15)23-21(14-7-5-4-6-8-14)24-20(16)17-11-12-26(2)25-17/h14-18,20-21,23-25H,3-13H2,1-2H3,(H,22,27). The van der Waals surface area contributed by atoms with Crippen LogP contribution in [0.4, 0.5) is 0 Å². The quantitative estimate of drug-likeness (QED) is 0.601. The summed E-state index contributed by atoms with van der Waals surface area (Å²) < 4.78 is 0. The van der Waals surface area contributed by atoms with E-state index in [1.165, 1.54) is 44.9 Å². The van der Waals surface area contributed by atoms with Crippen molar-refractivity contribution in [2.24, 2.45) is 11.8 Å². The molecule has 2 saturated carbocycles. The maximum atomic E-state index is 11.9. The Balaban J connectivity index is 1.47. The van der Waals surface area contributed by atoms with E-state index in [0.29, 0.717) is 42.7 Å². The summed E-state index contributed by atoms with van der Waals surface area (Å²) in [6.07, 6.45) is 12.5. The monoisotopic (exact) mass is 377 g/mol. The van der Waals surface area contributed by atoms with E-state index in [-0.39, 0.29) is 5.91 Å². The van der Waals surface area contributed by atoms with Crippen LogP contribution in [0.1, 0.15) is 71.1 Å². The van der Waals surface area contributed by atoms with Gasteiger partial charge in [0.05, 0.1) is 6.17 Å². The molecule has 6 nitrogen and oxygen atoms in total. The SMILES string of the molecule is CCC(=O)NC1CCC2C(C1)NC(C1CCCCC1)NC2C1CCN(C)N1. The Morgan fingerprint density at radius 2 is 1.85 bits per heavy atom. The molecule has 1 amide bonds. The Kier molecular flexibility index (Phi) is 6.37. The zero-order valence-corrected chi connectivity index (χ0v) is 17.2. The van der Waals surface area contributed by atoms with Gasteiger partial charge >= 0.3 is 0 Å². The van der Waals surface area contributed by atoms with Crippen LogP contribution in [-0.2, 0) is 4.79 Å². The van der Waals surface area contributed by atoms with Crippen LogP contribution in [0, 0.1) is 11.8 Å². The van der Waals surface area contributed by atoms with E-state index < -0.39 is 0 Å². The Morgan fingerprint density at radius 1 is 1.04 bits per heavy atom. The van der Waals surface area contributed by atoms with E-state index in [2.05, 4.69) is 33.4 Å². The van der Waals surface area contributed by atoms with Gasteiger partial charge < -0.3 is 5.32 Å². The fraction of sp³-hybridized carbons (Fsp3) is 0.952. The van der Waals surface area contributed by atoms with E-state index >= 15 is 0 Å². The van der Waals surface area contributed by atoms with Gasteiger partial charge in [-0.2, -0.15) is 0 Å². The third-order valence-corrected chi connectivity index (χ3v) is 7.53. The van der Waals surface area contributed by atoms with Crippen molar-refractivity contribution in [1.82, 2.24) is 26.4 Å². The molecule has 0 aromatic rings. The lowest BCUT2D eigenvalue weighted by Crippen LogP contribution is -2.71. The molecule has 4 aliphatic rings. The molecule has 2 saturated heterocycles. The molecule has 0 aromatic heterocycles. The number of rotatable bonds is 4. The smallest absolute Gasteiger partial charge is 0.219 e. The zero-order valence-electron chi connectivity index (χ0n) is 17.2. The van der Waals surface area contributed by atoms with Crippen LogP contribution < -0.4 is 21.4 Å². The van der Waals surface area contributed by atoms with Gasteiger partial charge in [-0.05, 0) is 50.4 Å². The molecule has 4 fully saturated rings. The summed E-state index contributed by atoms with van der Waals surface area (Å²) in [4.78, 5) is 11.9. The molecule has 27 heavy (non-hydrogen) atoms. The average molecular weight is 378 g/mol. The summed E-state index contributed by atoms with van der Waals surface area (Å²) in [5, 5.41) is 13.6. The molecule has 6 heteroatoms. The lowest BCUT2D eigenvalue weighted by molar-refractivity contribution is -0.121. The summed E-state index contributed by atoms with van der Waals surface area (Å²) in [6, 6.07) is 1.94. The van der Waals surface area contributed by atoms with Gasteiger partial charge in [0.2, 0.25) is 5.91 Å². The van der Waals surface area contributed by atoms with Gasteiger partial charge in [0.1, 0.15) is 0 Å². The fourth-order valence-electron chi connectivity index (χ4n) is 6.04. The highest BCUT2D eigenvalue weighted by molar-refractivity contribution is 5.75. The number of hydrazine groups is 1. The first-order valence-electron chi connectivity index (χ1n) is 11.4. The Hall–Kier alpha value is -0.690. The minimum Gasteiger partial charge on any atom is -0.353 e. The minimum absolute atomic E-state index is 0.201. The van der Waals surface area contributed by atoms with E-state index in [9.17, 15) is 4.79 Å². The number of carbonyl (C=O) groups excluding carboxylic acids is 1. The van der Waals surface area contributed by atoms with Crippen LogP contribution in [-0.4, -0.2) is 54.8 Å². The lowest BCUT2D eigenvalue weighted by Gasteiger charge is -2.52. The van der Waals surface area contributed by atoms with Gasteiger partial charge in [0, 0.05) is 44.2 Å². The van der Waals surface area contributed by atoms with Crippen molar-refractivity contribution < 1.29 is 4.79 Å². The molecule has 2 aliphatic heterocycles. The highest BCUT2D eigenvalue weighted by Crippen LogP contribution is 2.36. The topological polar surface area (TPSA) is 68.4 Å². The van der Waals surface area contributed by atoms with Crippen molar-refractivity contribution in [1.29, 1.82) is 0 Å².